The summed E-state index contributed by atoms with van der Waals surface area (Å²) in [6.07, 6.45) is 0. The highest BCUT2D eigenvalue weighted by atomic mass is 35.5. The van der Waals surface area contributed by atoms with Crippen LogP contribution in [-0.4, -0.2) is 19.1 Å². The quantitative estimate of drug-likeness (QED) is 0.454. The van der Waals surface area contributed by atoms with Crippen molar-refractivity contribution < 1.29 is 19.1 Å². The van der Waals surface area contributed by atoms with Crippen LogP contribution in [0.15, 0.2) is 78.4 Å². The minimum atomic E-state index is -0.689. The Morgan fingerprint density at radius 2 is 1.70 bits per heavy atom. The van der Waals surface area contributed by atoms with Crippen molar-refractivity contribution in [3.8, 4) is 5.75 Å². The second kappa shape index (κ2) is 9.98. The molecule has 0 saturated carbocycles. The van der Waals surface area contributed by atoms with Crippen molar-refractivity contribution in [1.82, 2.24) is 10.6 Å². The fraction of sp³-hybridized carbons (Fsp3) is 0.120. The molecule has 168 valence electrons. The van der Waals surface area contributed by atoms with Crippen LogP contribution in [0.2, 0.25) is 10.0 Å². The maximum Gasteiger partial charge on any atom is 0.338 e. The summed E-state index contributed by atoms with van der Waals surface area (Å²) in [5.41, 5.74) is 3.02. The lowest BCUT2D eigenvalue weighted by atomic mass is 9.92. The molecule has 0 bridgehead atoms. The molecule has 1 atom stereocenters. The number of rotatable bonds is 6. The van der Waals surface area contributed by atoms with Crippen LogP contribution < -0.4 is 15.4 Å². The van der Waals surface area contributed by atoms with E-state index in [0.29, 0.717) is 44.8 Å². The third-order valence-corrected chi connectivity index (χ3v) is 5.88. The zero-order chi connectivity index (χ0) is 23.4. The Balaban J connectivity index is 1.60. The van der Waals surface area contributed by atoms with Crippen LogP contribution in [0.4, 0.5) is 4.79 Å². The number of esters is 1. The second-order valence-electron chi connectivity index (χ2n) is 7.28. The van der Waals surface area contributed by atoms with Gasteiger partial charge in [-0.1, -0.05) is 71.7 Å². The monoisotopic (exact) mass is 482 g/mol. The highest BCUT2D eigenvalue weighted by molar-refractivity contribution is 6.42. The van der Waals surface area contributed by atoms with Gasteiger partial charge in [0.2, 0.25) is 0 Å². The highest BCUT2D eigenvalue weighted by Gasteiger charge is 2.34. The lowest BCUT2D eigenvalue weighted by Gasteiger charge is -2.29. The van der Waals surface area contributed by atoms with Crippen LogP contribution >= 0.6 is 23.2 Å². The normalized spacial score (nSPS) is 15.5. The van der Waals surface area contributed by atoms with E-state index in [4.69, 9.17) is 32.7 Å². The molecule has 3 aromatic rings. The molecule has 33 heavy (non-hydrogen) atoms. The van der Waals surface area contributed by atoms with Gasteiger partial charge in [0.05, 0.1) is 34.5 Å². The predicted octanol–water partition coefficient (Wildman–Crippen LogP) is 5.51. The summed E-state index contributed by atoms with van der Waals surface area (Å²) in [7, 11) is 1.31. The Morgan fingerprint density at radius 3 is 2.36 bits per heavy atom. The molecule has 0 spiro atoms. The second-order valence-corrected chi connectivity index (χ2v) is 8.10. The van der Waals surface area contributed by atoms with Crippen molar-refractivity contribution in [2.75, 3.05) is 7.11 Å². The molecular weight excluding hydrogens is 463 g/mol. The van der Waals surface area contributed by atoms with E-state index in [1.807, 2.05) is 36.4 Å². The van der Waals surface area contributed by atoms with Crippen LogP contribution in [0.1, 0.15) is 22.7 Å². The first kappa shape index (κ1) is 22.7. The highest BCUT2D eigenvalue weighted by Crippen LogP contribution is 2.32. The van der Waals surface area contributed by atoms with Crippen LogP contribution in [-0.2, 0) is 16.1 Å². The Hall–Kier alpha value is -3.48. The van der Waals surface area contributed by atoms with E-state index in [-0.39, 0.29) is 0 Å². The standard InChI is InChI=1S/C25H20Cl2N2O4/c1-32-24(30)21-22(16-5-3-2-4-6-16)28-25(31)29-23(21)17-8-10-18(11-9-17)33-14-15-7-12-19(26)20(27)13-15/h2-13,23H,14H2,1H3,(H2,28,29,31). The average Bonchev–Trinajstić information content (AvgIpc) is 2.84. The molecule has 1 heterocycles. The summed E-state index contributed by atoms with van der Waals surface area (Å²) in [5.74, 6) is 0.0864. The number of carbonyl (C=O) groups excluding carboxylic acids is 2. The van der Waals surface area contributed by atoms with Gasteiger partial charge in [-0.05, 0) is 41.0 Å². The largest absolute Gasteiger partial charge is 0.489 e. The molecular formula is C25H20Cl2N2O4. The number of amides is 2. The number of nitrogens with one attached hydrogen (secondary N) is 2. The third kappa shape index (κ3) is 5.13. The van der Waals surface area contributed by atoms with Crippen LogP contribution in [0.5, 0.6) is 5.75 Å². The number of urea groups is 1. The van der Waals surface area contributed by atoms with E-state index in [9.17, 15) is 9.59 Å². The van der Waals surface area contributed by atoms with Crippen molar-refractivity contribution in [2.24, 2.45) is 0 Å². The molecule has 0 fully saturated rings. The first-order valence-corrected chi connectivity index (χ1v) is 10.8. The molecule has 3 aromatic carbocycles. The molecule has 4 rings (SSSR count). The molecule has 0 aliphatic carbocycles. The number of carbonyl (C=O) groups is 2. The predicted molar refractivity (Wildman–Crippen MR) is 127 cm³/mol. The number of ether oxygens (including phenoxy) is 2. The zero-order valence-electron chi connectivity index (χ0n) is 17.6. The van der Waals surface area contributed by atoms with E-state index in [0.717, 1.165) is 5.56 Å². The SMILES string of the molecule is COC(=O)C1=C(c2ccccc2)NC(=O)NC1c1ccc(OCc2ccc(Cl)c(Cl)c2)cc1. The van der Waals surface area contributed by atoms with E-state index in [1.165, 1.54) is 7.11 Å². The number of methoxy groups -OCH3 is 1. The Labute approximate surface area is 201 Å². The van der Waals surface area contributed by atoms with Gasteiger partial charge in [-0.3, -0.25) is 0 Å². The Kier molecular flexibility index (Phi) is 6.87. The zero-order valence-corrected chi connectivity index (χ0v) is 19.1. The number of hydrogen-bond acceptors (Lipinski definition) is 4. The molecule has 8 heteroatoms. The summed E-state index contributed by atoms with van der Waals surface area (Å²) in [6, 6.07) is 20.5. The number of hydrogen-bond donors (Lipinski definition) is 2. The van der Waals surface area contributed by atoms with Crippen molar-refractivity contribution >= 4 is 40.9 Å². The van der Waals surface area contributed by atoms with Gasteiger partial charge < -0.3 is 20.1 Å². The summed E-state index contributed by atoms with van der Waals surface area (Å²) < 4.78 is 10.9. The fourth-order valence-corrected chi connectivity index (χ4v) is 3.85. The molecule has 2 amide bonds. The molecule has 0 aromatic heterocycles. The summed E-state index contributed by atoms with van der Waals surface area (Å²) in [5, 5.41) is 6.50. The topological polar surface area (TPSA) is 76.7 Å². The molecule has 1 unspecified atom stereocenters. The van der Waals surface area contributed by atoms with Crippen molar-refractivity contribution in [1.29, 1.82) is 0 Å². The van der Waals surface area contributed by atoms with Crippen molar-refractivity contribution in [3.63, 3.8) is 0 Å². The molecule has 0 saturated heterocycles. The van der Waals surface area contributed by atoms with Gasteiger partial charge in [0.15, 0.2) is 0 Å². The lowest BCUT2D eigenvalue weighted by molar-refractivity contribution is -0.136. The van der Waals surface area contributed by atoms with Gasteiger partial charge in [0.25, 0.3) is 0 Å². The summed E-state index contributed by atoms with van der Waals surface area (Å²) in [4.78, 5) is 25.1. The number of halogens is 2. The van der Waals surface area contributed by atoms with E-state index in [1.54, 1.807) is 36.4 Å². The van der Waals surface area contributed by atoms with Crippen molar-refractivity contribution in [2.45, 2.75) is 12.6 Å². The first-order chi connectivity index (χ1) is 16.0. The molecule has 2 N–H and O–H groups in total. The van der Waals surface area contributed by atoms with E-state index in [2.05, 4.69) is 10.6 Å². The summed E-state index contributed by atoms with van der Waals surface area (Å²) >= 11 is 12.0. The fourth-order valence-electron chi connectivity index (χ4n) is 3.53. The van der Waals surface area contributed by atoms with Crippen LogP contribution in [0.25, 0.3) is 5.70 Å². The van der Waals surface area contributed by atoms with Gasteiger partial charge in [-0.25, -0.2) is 9.59 Å². The van der Waals surface area contributed by atoms with Crippen molar-refractivity contribution in [3.05, 3.63) is 105 Å². The lowest BCUT2D eigenvalue weighted by Crippen LogP contribution is -2.45. The Morgan fingerprint density at radius 1 is 0.970 bits per heavy atom. The van der Waals surface area contributed by atoms with E-state index >= 15 is 0 Å². The maximum absolute atomic E-state index is 12.7. The molecule has 1 aliphatic heterocycles. The third-order valence-electron chi connectivity index (χ3n) is 5.14. The van der Waals surface area contributed by atoms with E-state index < -0.39 is 18.0 Å². The smallest absolute Gasteiger partial charge is 0.338 e. The van der Waals surface area contributed by atoms with Crippen LogP contribution in [0, 0.1) is 0 Å². The molecule has 1 aliphatic rings. The van der Waals surface area contributed by atoms with Gasteiger partial charge in [0, 0.05) is 0 Å². The Bertz CT molecular complexity index is 1210. The molecule has 0 radical (unpaired) electrons. The minimum Gasteiger partial charge on any atom is -0.489 e. The van der Waals surface area contributed by atoms with Crippen LogP contribution in [0.3, 0.4) is 0 Å². The van der Waals surface area contributed by atoms with Gasteiger partial charge >= 0.3 is 12.0 Å². The summed E-state index contributed by atoms with van der Waals surface area (Å²) in [6.45, 7) is 0.311. The van der Waals surface area contributed by atoms with Gasteiger partial charge in [0.1, 0.15) is 12.4 Å². The van der Waals surface area contributed by atoms with Gasteiger partial charge in [-0.2, -0.15) is 0 Å². The molecule has 6 nitrogen and oxygen atoms in total. The number of benzene rings is 3. The average molecular weight is 483 g/mol. The first-order valence-electron chi connectivity index (χ1n) is 10.1. The minimum absolute atomic E-state index is 0.311. The van der Waals surface area contributed by atoms with Gasteiger partial charge in [-0.15, -0.1) is 0 Å². The maximum atomic E-state index is 12.7.